The lowest BCUT2D eigenvalue weighted by Crippen LogP contribution is -2.42. The molecule has 2 atom stereocenters. The third-order valence-electron chi connectivity index (χ3n) is 4.50. The predicted octanol–water partition coefficient (Wildman–Crippen LogP) is 2.31. The van der Waals surface area contributed by atoms with Crippen molar-refractivity contribution >= 4 is 17.7 Å². The highest BCUT2D eigenvalue weighted by atomic mass is 32.2. The summed E-state index contributed by atoms with van der Waals surface area (Å²) in [6.07, 6.45) is 10.1. The van der Waals surface area contributed by atoms with E-state index in [0.29, 0.717) is 6.04 Å². The highest BCUT2D eigenvalue weighted by Gasteiger charge is 2.24. The smallest absolute Gasteiger partial charge is 0.191 e. The van der Waals surface area contributed by atoms with Gasteiger partial charge < -0.3 is 15.5 Å². The van der Waals surface area contributed by atoms with Gasteiger partial charge in [-0.15, -0.1) is 0 Å². The third kappa shape index (κ3) is 6.07. The van der Waals surface area contributed by atoms with Crippen molar-refractivity contribution in [1.29, 1.82) is 0 Å². The van der Waals surface area contributed by atoms with E-state index in [9.17, 15) is 0 Å². The van der Waals surface area contributed by atoms with Crippen molar-refractivity contribution in [3.8, 4) is 0 Å². The fourth-order valence-electron chi connectivity index (χ4n) is 3.29. The SMILES string of the molecule is CCNC(=NCCCN1CCCC1)NC1CCC(SC)C1. The van der Waals surface area contributed by atoms with Gasteiger partial charge in [0.25, 0.3) is 0 Å². The Bertz CT molecular complexity index is 315. The first-order valence-electron chi connectivity index (χ1n) is 8.61. The fraction of sp³-hybridized carbons (Fsp3) is 0.938. The van der Waals surface area contributed by atoms with Gasteiger partial charge in [-0.3, -0.25) is 4.99 Å². The van der Waals surface area contributed by atoms with Gasteiger partial charge in [0.2, 0.25) is 0 Å². The molecule has 0 spiro atoms. The van der Waals surface area contributed by atoms with Crippen molar-refractivity contribution < 1.29 is 0 Å². The van der Waals surface area contributed by atoms with Crippen molar-refractivity contribution in [2.24, 2.45) is 4.99 Å². The van der Waals surface area contributed by atoms with Crippen LogP contribution in [0.4, 0.5) is 0 Å². The Morgan fingerprint density at radius 1 is 1.29 bits per heavy atom. The molecule has 0 amide bonds. The van der Waals surface area contributed by atoms with Crippen molar-refractivity contribution in [3.05, 3.63) is 0 Å². The second-order valence-corrected chi connectivity index (χ2v) is 7.31. The van der Waals surface area contributed by atoms with Crippen LogP contribution in [0.2, 0.25) is 0 Å². The Kier molecular flexibility index (Phi) is 7.72. The molecule has 2 fully saturated rings. The zero-order valence-corrected chi connectivity index (χ0v) is 14.6. The maximum Gasteiger partial charge on any atom is 0.191 e. The van der Waals surface area contributed by atoms with Crippen LogP contribution in [0.1, 0.15) is 45.4 Å². The van der Waals surface area contributed by atoms with Gasteiger partial charge in [0.15, 0.2) is 5.96 Å². The monoisotopic (exact) mass is 312 g/mol. The Hall–Kier alpha value is -0.420. The van der Waals surface area contributed by atoms with E-state index in [1.807, 2.05) is 11.8 Å². The topological polar surface area (TPSA) is 39.7 Å². The minimum Gasteiger partial charge on any atom is -0.357 e. The van der Waals surface area contributed by atoms with Gasteiger partial charge in [-0.1, -0.05) is 0 Å². The van der Waals surface area contributed by atoms with E-state index >= 15 is 0 Å². The number of hydrogen-bond donors (Lipinski definition) is 2. The summed E-state index contributed by atoms with van der Waals surface area (Å²) in [5.41, 5.74) is 0. The molecule has 1 saturated carbocycles. The number of nitrogens with zero attached hydrogens (tertiary/aromatic N) is 2. The molecule has 4 nitrogen and oxygen atoms in total. The zero-order chi connectivity index (χ0) is 14.9. The summed E-state index contributed by atoms with van der Waals surface area (Å²) in [4.78, 5) is 7.32. The zero-order valence-electron chi connectivity index (χ0n) is 13.7. The molecule has 0 aromatic rings. The molecule has 0 aromatic carbocycles. The number of aliphatic imine (C=N–C) groups is 1. The Morgan fingerprint density at radius 2 is 2.10 bits per heavy atom. The average Bonchev–Trinajstić information content (AvgIpc) is 3.15. The van der Waals surface area contributed by atoms with Gasteiger partial charge in [0.1, 0.15) is 0 Å². The van der Waals surface area contributed by atoms with Crippen LogP contribution < -0.4 is 10.6 Å². The highest BCUT2D eigenvalue weighted by Crippen LogP contribution is 2.27. The molecule has 1 heterocycles. The van der Waals surface area contributed by atoms with Gasteiger partial charge >= 0.3 is 0 Å². The number of thioether (sulfide) groups is 1. The van der Waals surface area contributed by atoms with E-state index in [1.54, 1.807) is 0 Å². The van der Waals surface area contributed by atoms with Crippen LogP contribution in [0.3, 0.4) is 0 Å². The lowest BCUT2D eigenvalue weighted by molar-refractivity contribution is 0.336. The van der Waals surface area contributed by atoms with E-state index in [2.05, 4.69) is 28.7 Å². The molecule has 0 radical (unpaired) electrons. The maximum absolute atomic E-state index is 4.75. The molecule has 1 aliphatic carbocycles. The summed E-state index contributed by atoms with van der Waals surface area (Å²) >= 11 is 2.01. The van der Waals surface area contributed by atoms with Gasteiger partial charge in [-0.05, 0) is 71.3 Å². The van der Waals surface area contributed by atoms with Crippen molar-refractivity contribution in [3.63, 3.8) is 0 Å². The van der Waals surface area contributed by atoms with Gasteiger partial charge in [0.05, 0.1) is 0 Å². The van der Waals surface area contributed by atoms with E-state index in [1.165, 1.54) is 58.2 Å². The van der Waals surface area contributed by atoms with Crippen LogP contribution in [-0.2, 0) is 0 Å². The molecule has 2 rings (SSSR count). The molecule has 2 unspecified atom stereocenters. The fourth-order valence-corrected chi connectivity index (χ4v) is 4.09. The Morgan fingerprint density at radius 3 is 2.76 bits per heavy atom. The first-order valence-corrected chi connectivity index (χ1v) is 9.90. The van der Waals surface area contributed by atoms with Crippen LogP contribution in [0.15, 0.2) is 4.99 Å². The number of nitrogens with one attached hydrogen (secondary N) is 2. The molecular weight excluding hydrogens is 280 g/mol. The Labute approximate surface area is 134 Å². The molecular formula is C16H32N4S. The molecule has 122 valence electrons. The molecule has 1 saturated heterocycles. The van der Waals surface area contributed by atoms with E-state index in [0.717, 1.165) is 24.3 Å². The predicted molar refractivity (Wildman–Crippen MR) is 94.3 cm³/mol. The average molecular weight is 313 g/mol. The largest absolute Gasteiger partial charge is 0.357 e. The summed E-state index contributed by atoms with van der Waals surface area (Å²) in [5.74, 6) is 1.02. The first-order chi connectivity index (χ1) is 10.3. The van der Waals surface area contributed by atoms with Gasteiger partial charge in [-0.2, -0.15) is 11.8 Å². The minimum absolute atomic E-state index is 0.610. The van der Waals surface area contributed by atoms with E-state index in [4.69, 9.17) is 4.99 Å². The molecule has 0 bridgehead atoms. The second-order valence-electron chi connectivity index (χ2n) is 6.17. The van der Waals surface area contributed by atoms with Crippen LogP contribution in [0, 0.1) is 0 Å². The summed E-state index contributed by atoms with van der Waals surface area (Å²) in [5, 5.41) is 7.84. The lowest BCUT2D eigenvalue weighted by atomic mass is 10.2. The summed E-state index contributed by atoms with van der Waals surface area (Å²) in [6.45, 7) is 7.81. The van der Waals surface area contributed by atoms with E-state index < -0.39 is 0 Å². The molecule has 0 aromatic heterocycles. The molecule has 2 aliphatic rings. The summed E-state index contributed by atoms with van der Waals surface area (Å²) in [7, 11) is 0. The van der Waals surface area contributed by atoms with Crippen molar-refractivity contribution in [2.75, 3.05) is 39.0 Å². The standard InChI is InChI=1S/C16H32N4S/c1-3-17-16(19-14-7-8-15(13-14)21-2)18-9-6-12-20-10-4-5-11-20/h14-15H,3-13H2,1-2H3,(H2,17,18,19). The summed E-state index contributed by atoms with van der Waals surface area (Å²) in [6, 6.07) is 0.610. The minimum atomic E-state index is 0.610. The number of likely N-dealkylation sites (tertiary alicyclic amines) is 1. The van der Waals surface area contributed by atoms with Gasteiger partial charge in [-0.25, -0.2) is 0 Å². The van der Waals surface area contributed by atoms with Crippen LogP contribution in [0.5, 0.6) is 0 Å². The first kappa shape index (κ1) is 16.9. The quantitative estimate of drug-likeness (QED) is 0.430. The number of rotatable bonds is 7. The highest BCUT2D eigenvalue weighted by molar-refractivity contribution is 7.99. The third-order valence-corrected chi connectivity index (χ3v) is 5.60. The van der Waals surface area contributed by atoms with Crippen molar-refractivity contribution in [1.82, 2.24) is 15.5 Å². The number of hydrogen-bond acceptors (Lipinski definition) is 3. The van der Waals surface area contributed by atoms with Crippen LogP contribution in [-0.4, -0.2) is 61.1 Å². The van der Waals surface area contributed by atoms with Gasteiger partial charge in [0, 0.05) is 24.4 Å². The van der Waals surface area contributed by atoms with Crippen LogP contribution in [0.25, 0.3) is 0 Å². The molecule has 5 heteroatoms. The van der Waals surface area contributed by atoms with Crippen molar-refractivity contribution in [2.45, 2.75) is 56.7 Å². The van der Waals surface area contributed by atoms with Crippen LogP contribution >= 0.6 is 11.8 Å². The Balaban J connectivity index is 1.68. The molecule has 1 aliphatic heterocycles. The lowest BCUT2D eigenvalue weighted by Gasteiger charge is -2.17. The second kappa shape index (κ2) is 9.57. The van der Waals surface area contributed by atoms with E-state index in [-0.39, 0.29) is 0 Å². The number of guanidine groups is 1. The molecule has 21 heavy (non-hydrogen) atoms. The maximum atomic E-state index is 4.75. The normalized spacial score (nSPS) is 27.2. The molecule has 2 N–H and O–H groups in total. The summed E-state index contributed by atoms with van der Waals surface area (Å²) < 4.78 is 0.